The Balaban J connectivity index is 1.88. The van der Waals surface area contributed by atoms with E-state index >= 15 is 0 Å². The monoisotopic (exact) mass is 338 g/mol. The second-order valence-electron chi connectivity index (χ2n) is 3.83. The smallest absolute Gasteiger partial charge is 0.369 e. The normalized spacial score (nSPS) is 19.2. The van der Waals surface area contributed by atoms with E-state index in [0.717, 1.165) is 4.47 Å². The molecule has 0 saturated carbocycles. The van der Waals surface area contributed by atoms with Gasteiger partial charge in [0.1, 0.15) is 12.7 Å². The Hall–Kier alpha value is -1.12. The molecule has 1 aromatic rings. The van der Waals surface area contributed by atoms with Gasteiger partial charge in [-0.1, -0.05) is 0 Å². The summed E-state index contributed by atoms with van der Waals surface area (Å²) in [5.74, 6) is 0. The van der Waals surface area contributed by atoms with E-state index in [4.69, 9.17) is 4.84 Å². The molecule has 0 radical (unpaired) electrons. The molecule has 8 heteroatoms. The Morgan fingerprint density at radius 3 is 2.84 bits per heavy atom. The molecule has 0 aromatic carbocycles. The maximum absolute atomic E-state index is 11.9. The van der Waals surface area contributed by atoms with Crippen LogP contribution in [0, 0.1) is 0 Å². The van der Waals surface area contributed by atoms with Gasteiger partial charge in [0, 0.05) is 10.7 Å². The van der Waals surface area contributed by atoms with Crippen molar-refractivity contribution in [2.75, 3.05) is 13.2 Å². The predicted octanol–water partition coefficient (Wildman–Crippen LogP) is 2.67. The van der Waals surface area contributed by atoms with Crippen LogP contribution in [0.15, 0.2) is 28.9 Å². The average Bonchev–Trinajstić information content (AvgIpc) is 2.77. The van der Waals surface area contributed by atoms with Crippen LogP contribution in [0.5, 0.6) is 0 Å². The zero-order valence-electron chi connectivity index (χ0n) is 9.58. The van der Waals surface area contributed by atoms with Gasteiger partial charge in [0.15, 0.2) is 0 Å². The Labute approximate surface area is 115 Å². The topological polar surface area (TPSA) is 43.4 Å². The predicted molar refractivity (Wildman–Crippen MR) is 64.8 cm³/mol. The summed E-state index contributed by atoms with van der Waals surface area (Å²) in [5, 5.41) is 0. The Bertz CT molecular complexity index is 462. The summed E-state index contributed by atoms with van der Waals surface area (Å²) in [6, 6.07) is 3.56. The summed E-state index contributed by atoms with van der Waals surface area (Å²) in [6.07, 6.45) is -1.65. The highest BCUT2D eigenvalue weighted by Crippen LogP contribution is 2.19. The third-order valence-electron chi connectivity index (χ3n) is 2.22. The van der Waals surface area contributed by atoms with Crippen molar-refractivity contribution < 1.29 is 22.7 Å². The lowest BCUT2D eigenvalue weighted by atomic mass is 10.2. The van der Waals surface area contributed by atoms with E-state index in [9.17, 15) is 13.2 Å². The Morgan fingerprint density at radius 2 is 2.21 bits per heavy atom. The van der Waals surface area contributed by atoms with E-state index in [-0.39, 0.29) is 6.61 Å². The summed E-state index contributed by atoms with van der Waals surface area (Å²) >= 11 is 3.26. The average molecular weight is 339 g/mol. The molecule has 2 heterocycles. The second kappa shape index (κ2) is 5.89. The third kappa shape index (κ3) is 4.48. The first-order chi connectivity index (χ1) is 8.94. The highest BCUT2D eigenvalue weighted by atomic mass is 79.9. The van der Waals surface area contributed by atoms with Crippen molar-refractivity contribution in [1.29, 1.82) is 0 Å². The van der Waals surface area contributed by atoms with Gasteiger partial charge in [0.05, 0.1) is 18.0 Å². The number of aromatic nitrogens is 1. The molecule has 0 bridgehead atoms. The molecule has 0 aliphatic carbocycles. The van der Waals surface area contributed by atoms with Crippen molar-refractivity contribution >= 4 is 21.6 Å². The van der Waals surface area contributed by atoms with Crippen LogP contribution in [-0.4, -0.2) is 30.5 Å². The molecular formula is C11H10BrF3N2O2. The molecule has 0 amide bonds. The standard InChI is InChI=1S/C11H10BrF3N2O2/c12-7-1-2-9(16-4-7)10-3-8(19-17-10)5-18-6-11(13,14)15/h1-4,8,17H,5-6H2/t8-/m0/s1. The fourth-order valence-corrected chi connectivity index (χ4v) is 1.67. The zero-order chi connectivity index (χ0) is 13.9. The number of alkyl halides is 3. The first-order valence-corrected chi connectivity index (χ1v) is 6.13. The number of hydrogen-bond donors (Lipinski definition) is 1. The Morgan fingerprint density at radius 1 is 1.42 bits per heavy atom. The fraction of sp³-hybridized carbons (Fsp3) is 0.364. The lowest BCUT2D eigenvalue weighted by Gasteiger charge is -2.10. The van der Waals surface area contributed by atoms with Gasteiger partial charge in [0.25, 0.3) is 0 Å². The first kappa shape index (κ1) is 14.3. The number of ether oxygens (including phenoxy) is 1. The van der Waals surface area contributed by atoms with Crippen LogP contribution in [0.25, 0.3) is 5.70 Å². The molecule has 0 unspecified atom stereocenters. The molecule has 1 aromatic heterocycles. The van der Waals surface area contributed by atoms with Crippen LogP contribution < -0.4 is 5.48 Å². The minimum absolute atomic E-state index is 0.174. The van der Waals surface area contributed by atoms with Gasteiger partial charge < -0.3 is 4.74 Å². The van der Waals surface area contributed by atoms with E-state index in [1.165, 1.54) is 0 Å². The van der Waals surface area contributed by atoms with Gasteiger partial charge in [0.2, 0.25) is 0 Å². The number of halogens is 4. The van der Waals surface area contributed by atoms with Gasteiger partial charge in [-0.25, -0.2) is 0 Å². The maximum Gasteiger partial charge on any atom is 0.411 e. The summed E-state index contributed by atoms with van der Waals surface area (Å²) in [7, 11) is 0. The summed E-state index contributed by atoms with van der Waals surface area (Å²) in [4.78, 5) is 9.21. The number of hydrogen-bond acceptors (Lipinski definition) is 4. The van der Waals surface area contributed by atoms with Crippen LogP contribution in [0.1, 0.15) is 5.69 Å². The van der Waals surface area contributed by atoms with Gasteiger partial charge in [-0.2, -0.15) is 13.2 Å². The second-order valence-corrected chi connectivity index (χ2v) is 4.75. The van der Waals surface area contributed by atoms with E-state index in [0.29, 0.717) is 11.4 Å². The van der Waals surface area contributed by atoms with Gasteiger partial charge in [-0.05, 0) is 34.1 Å². The molecule has 1 atom stereocenters. The summed E-state index contributed by atoms with van der Waals surface area (Å²) in [6.45, 7) is -1.46. The molecule has 1 aliphatic heterocycles. The molecule has 1 N–H and O–H groups in total. The first-order valence-electron chi connectivity index (χ1n) is 5.34. The highest BCUT2D eigenvalue weighted by molar-refractivity contribution is 9.10. The molecule has 1 aliphatic rings. The van der Waals surface area contributed by atoms with Gasteiger partial charge in [-0.15, -0.1) is 0 Å². The molecule has 0 spiro atoms. The molecule has 0 saturated heterocycles. The molecule has 104 valence electrons. The van der Waals surface area contributed by atoms with Crippen molar-refractivity contribution in [2.45, 2.75) is 12.3 Å². The maximum atomic E-state index is 11.9. The van der Waals surface area contributed by atoms with Crippen LogP contribution in [0.3, 0.4) is 0 Å². The van der Waals surface area contributed by atoms with Crippen LogP contribution >= 0.6 is 15.9 Å². The van der Waals surface area contributed by atoms with E-state index in [2.05, 4.69) is 31.1 Å². The number of pyridine rings is 1. The largest absolute Gasteiger partial charge is 0.411 e. The number of rotatable bonds is 4. The SMILES string of the molecule is FC(F)(F)COC[C@@H]1C=C(c2ccc(Br)cn2)NO1. The van der Waals surface area contributed by atoms with Gasteiger partial charge in [-0.3, -0.25) is 15.3 Å². The Kier molecular flexibility index (Phi) is 4.43. The molecule has 4 nitrogen and oxygen atoms in total. The summed E-state index contributed by atoms with van der Waals surface area (Å²) < 4.78 is 41.1. The summed E-state index contributed by atoms with van der Waals surface area (Å²) in [5.41, 5.74) is 3.86. The number of hydroxylamine groups is 1. The number of nitrogens with zero attached hydrogens (tertiary/aromatic N) is 1. The quantitative estimate of drug-likeness (QED) is 0.916. The minimum Gasteiger partial charge on any atom is -0.369 e. The van der Waals surface area contributed by atoms with E-state index in [1.54, 1.807) is 24.4 Å². The third-order valence-corrected chi connectivity index (χ3v) is 2.69. The minimum atomic E-state index is -4.33. The molecule has 19 heavy (non-hydrogen) atoms. The lowest BCUT2D eigenvalue weighted by molar-refractivity contribution is -0.179. The fourth-order valence-electron chi connectivity index (χ4n) is 1.44. The van der Waals surface area contributed by atoms with Crippen LogP contribution in [-0.2, 0) is 9.57 Å². The van der Waals surface area contributed by atoms with E-state index in [1.807, 2.05) is 0 Å². The number of nitrogens with one attached hydrogen (secondary N) is 1. The van der Waals surface area contributed by atoms with E-state index < -0.39 is 18.9 Å². The van der Waals surface area contributed by atoms with Crippen molar-refractivity contribution in [1.82, 2.24) is 10.5 Å². The van der Waals surface area contributed by atoms with Crippen LogP contribution in [0.4, 0.5) is 13.2 Å². The lowest BCUT2D eigenvalue weighted by Crippen LogP contribution is -2.23. The van der Waals surface area contributed by atoms with Crippen LogP contribution in [0.2, 0.25) is 0 Å². The van der Waals surface area contributed by atoms with Crippen molar-refractivity contribution in [3.8, 4) is 0 Å². The highest BCUT2D eigenvalue weighted by Gasteiger charge is 2.28. The van der Waals surface area contributed by atoms with Crippen molar-refractivity contribution in [2.24, 2.45) is 0 Å². The van der Waals surface area contributed by atoms with Gasteiger partial charge >= 0.3 is 6.18 Å². The molecular weight excluding hydrogens is 329 g/mol. The molecule has 2 rings (SSSR count). The zero-order valence-corrected chi connectivity index (χ0v) is 11.2. The van der Waals surface area contributed by atoms with Crippen molar-refractivity contribution in [3.63, 3.8) is 0 Å². The van der Waals surface area contributed by atoms with Crippen molar-refractivity contribution in [3.05, 3.63) is 34.6 Å². The molecule has 0 fully saturated rings.